The maximum atomic E-state index is 11.1. The summed E-state index contributed by atoms with van der Waals surface area (Å²) in [6.45, 7) is 3.55. The first-order valence-electron chi connectivity index (χ1n) is 3.87. The van der Waals surface area contributed by atoms with Crippen LogP contribution in [-0.2, 0) is 11.8 Å². The Morgan fingerprint density at radius 3 is 2.67 bits per heavy atom. The van der Waals surface area contributed by atoms with Gasteiger partial charge >= 0.3 is 0 Å². The Hall–Kier alpha value is -0.570. The van der Waals surface area contributed by atoms with E-state index in [2.05, 4.69) is 15.9 Å². The van der Waals surface area contributed by atoms with Crippen molar-refractivity contribution in [1.29, 1.82) is 0 Å². The van der Waals surface area contributed by atoms with Crippen LogP contribution in [0.4, 0.5) is 0 Å². The minimum atomic E-state index is 0.0629. The van der Waals surface area contributed by atoms with Crippen LogP contribution < -0.4 is 0 Å². The highest BCUT2D eigenvalue weighted by atomic mass is 79.9. The van der Waals surface area contributed by atoms with Gasteiger partial charge in [0.2, 0.25) is 0 Å². The van der Waals surface area contributed by atoms with Crippen molar-refractivity contribution in [3.63, 3.8) is 0 Å². The number of aryl methyl sites for hydroxylation is 1. The van der Waals surface area contributed by atoms with Gasteiger partial charge in [0.1, 0.15) is 11.5 Å². The summed E-state index contributed by atoms with van der Waals surface area (Å²) in [6, 6.07) is 1.82. The number of ketones is 1. The molecule has 1 aromatic rings. The number of Topliss-reactive ketones (excluding diaryl/α,β-unsaturated/α-hetero) is 1. The van der Waals surface area contributed by atoms with E-state index >= 15 is 0 Å². The summed E-state index contributed by atoms with van der Waals surface area (Å²) in [5.41, 5.74) is 0.698. The molecule has 0 spiro atoms. The van der Waals surface area contributed by atoms with Crippen LogP contribution in [0.3, 0.4) is 0 Å². The minimum Gasteiger partial charge on any atom is -0.464 e. The molecule has 2 nitrogen and oxygen atoms in total. The summed E-state index contributed by atoms with van der Waals surface area (Å²) < 4.78 is 5.41. The molecular weight excluding hydrogens is 220 g/mol. The second-order valence-electron chi connectivity index (χ2n) is 2.59. The summed E-state index contributed by atoms with van der Waals surface area (Å²) in [5, 5.41) is 0.599. The molecule has 1 heterocycles. The maximum absolute atomic E-state index is 11.1. The first-order valence-corrected chi connectivity index (χ1v) is 4.99. The average Bonchev–Trinajstić information content (AvgIpc) is 2.47. The number of alkyl halides is 1. The smallest absolute Gasteiger partial charge is 0.163 e. The number of hydrogen-bond acceptors (Lipinski definition) is 2. The van der Waals surface area contributed by atoms with Gasteiger partial charge in [0.15, 0.2) is 5.78 Å². The van der Waals surface area contributed by atoms with Crippen LogP contribution in [0.1, 0.15) is 35.7 Å². The van der Waals surface area contributed by atoms with E-state index in [0.717, 1.165) is 17.9 Å². The summed E-state index contributed by atoms with van der Waals surface area (Å²) in [7, 11) is 0. The standard InChI is InChI=1S/C9H11BrO2/c1-3-7-4-8(6(2)11)9(5-10)12-7/h4H,3,5H2,1-2H3. The van der Waals surface area contributed by atoms with Crippen LogP contribution >= 0.6 is 15.9 Å². The lowest BCUT2D eigenvalue weighted by molar-refractivity contribution is 0.101. The van der Waals surface area contributed by atoms with E-state index < -0.39 is 0 Å². The molecule has 66 valence electrons. The van der Waals surface area contributed by atoms with Gasteiger partial charge in [-0.15, -0.1) is 0 Å². The quantitative estimate of drug-likeness (QED) is 0.591. The number of carbonyl (C=O) groups is 1. The number of halogens is 1. The van der Waals surface area contributed by atoms with Crippen molar-refractivity contribution in [2.24, 2.45) is 0 Å². The summed E-state index contributed by atoms with van der Waals surface area (Å²) >= 11 is 3.27. The average molecular weight is 231 g/mol. The molecule has 0 amide bonds. The molecule has 0 saturated carbocycles. The predicted octanol–water partition coefficient (Wildman–Crippen LogP) is 2.94. The van der Waals surface area contributed by atoms with E-state index in [4.69, 9.17) is 4.42 Å². The van der Waals surface area contributed by atoms with Crippen molar-refractivity contribution in [1.82, 2.24) is 0 Å². The number of carbonyl (C=O) groups excluding carboxylic acids is 1. The van der Waals surface area contributed by atoms with Gasteiger partial charge in [-0.1, -0.05) is 22.9 Å². The fraction of sp³-hybridized carbons (Fsp3) is 0.444. The third-order valence-corrected chi connectivity index (χ3v) is 2.22. The Morgan fingerprint density at radius 1 is 1.67 bits per heavy atom. The highest BCUT2D eigenvalue weighted by molar-refractivity contribution is 9.08. The summed E-state index contributed by atoms with van der Waals surface area (Å²) in [5.74, 6) is 1.67. The van der Waals surface area contributed by atoms with E-state index in [9.17, 15) is 4.79 Å². The molecule has 0 radical (unpaired) electrons. The molecule has 0 aliphatic rings. The highest BCUT2D eigenvalue weighted by Crippen LogP contribution is 2.19. The molecule has 1 rings (SSSR count). The van der Waals surface area contributed by atoms with Crippen LogP contribution in [0.2, 0.25) is 0 Å². The van der Waals surface area contributed by atoms with Crippen LogP contribution in [0.5, 0.6) is 0 Å². The van der Waals surface area contributed by atoms with Gasteiger partial charge in [-0.05, 0) is 13.0 Å². The molecule has 1 aromatic heterocycles. The zero-order chi connectivity index (χ0) is 9.14. The zero-order valence-corrected chi connectivity index (χ0v) is 8.77. The Morgan fingerprint density at radius 2 is 2.33 bits per heavy atom. The summed E-state index contributed by atoms with van der Waals surface area (Å²) in [4.78, 5) is 11.1. The molecule has 3 heteroatoms. The van der Waals surface area contributed by atoms with Crippen molar-refractivity contribution in [2.75, 3.05) is 0 Å². The third kappa shape index (κ3) is 1.78. The van der Waals surface area contributed by atoms with Crippen LogP contribution in [-0.4, -0.2) is 5.78 Å². The van der Waals surface area contributed by atoms with Crippen LogP contribution in [0.25, 0.3) is 0 Å². The Bertz CT molecular complexity index is 289. The number of rotatable bonds is 3. The topological polar surface area (TPSA) is 30.2 Å². The largest absolute Gasteiger partial charge is 0.464 e. The fourth-order valence-corrected chi connectivity index (χ4v) is 1.47. The maximum Gasteiger partial charge on any atom is 0.163 e. The molecule has 12 heavy (non-hydrogen) atoms. The minimum absolute atomic E-state index is 0.0629. The van der Waals surface area contributed by atoms with Gasteiger partial charge in [-0.2, -0.15) is 0 Å². The van der Waals surface area contributed by atoms with E-state index in [1.807, 2.05) is 13.0 Å². The van der Waals surface area contributed by atoms with E-state index in [-0.39, 0.29) is 5.78 Å². The van der Waals surface area contributed by atoms with Gasteiger partial charge in [0, 0.05) is 6.42 Å². The van der Waals surface area contributed by atoms with Gasteiger partial charge in [-0.25, -0.2) is 0 Å². The molecule has 0 atom stereocenters. The second kappa shape index (κ2) is 3.90. The molecule has 0 bridgehead atoms. The SMILES string of the molecule is CCc1cc(C(C)=O)c(CBr)o1. The predicted molar refractivity (Wildman–Crippen MR) is 50.7 cm³/mol. The van der Waals surface area contributed by atoms with Crippen molar-refractivity contribution in [3.8, 4) is 0 Å². The molecule has 0 unspecified atom stereocenters. The molecule has 0 aromatic carbocycles. The normalized spacial score (nSPS) is 10.2. The Labute approximate surface area is 80.1 Å². The lowest BCUT2D eigenvalue weighted by atomic mass is 10.2. The monoisotopic (exact) mass is 230 g/mol. The molecule has 0 fully saturated rings. The fourth-order valence-electron chi connectivity index (χ4n) is 1.06. The molecule has 0 aliphatic carbocycles. The molecule has 0 N–H and O–H groups in total. The second-order valence-corrected chi connectivity index (χ2v) is 3.15. The zero-order valence-electron chi connectivity index (χ0n) is 7.19. The van der Waals surface area contributed by atoms with Crippen molar-refractivity contribution < 1.29 is 9.21 Å². The van der Waals surface area contributed by atoms with Gasteiger partial charge in [-0.3, -0.25) is 4.79 Å². The third-order valence-electron chi connectivity index (χ3n) is 1.71. The van der Waals surface area contributed by atoms with E-state index in [0.29, 0.717) is 10.9 Å². The molecular formula is C9H11BrO2. The van der Waals surface area contributed by atoms with Crippen molar-refractivity contribution >= 4 is 21.7 Å². The Balaban J connectivity index is 3.08. The number of furan rings is 1. The lowest BCUT2D eigenvalue weighted by Crippen LogP contribution is -1.92. The first kappa shape index (κ1) is 9.52. The van der Waals surface area contributed by atoms with Gasteiger partial charge in [0.05, 0.1) is 10.9 Å². The number of hydrogen-bond donors (Lipinski definition) is 0. The first-order chi connectivity index (χ1) is 5.69. The van der Waals surface area contributed by atoms with E-state index in [1.165, 1.54) is 0 Å². The molecule has 0 aliphatic heterocycles. The van der Waals surface area contributed by atoms with E-state index in [1.54, 1.807) is 6.92 Å². The van der Waals surface area contributed by atoms with Crippen LogP contribution in [0, 0.1) is 0 Å². The molecule has 0 saturated heterocycles. The Kier molecular flexibility index (Phi) is 3.09. The van der Waals surface area contributed by atoms with Crippen molar-refractivity contribution in [3.05, 3.63) is 23.2 Å². The summed E-state index contributed by atoms with van der Waals surface area (Å²) in [6.07, 6.45) is 0.827. The van der Waals surface area contributed by atoms with Crippen LogP contribution in [0.15, 0.2) is 10.5 Å². The van der Waals surface area contributed by atoms with Gasteiger partial charge in [0.25, 0.3) is 0 Å². The van der Waals surface area contributed by atoms with Gasteiger partial charge < -0.3 is 4.42 Å². The highest BCUT2D eigenvalue weighted by Gasteiger charge is 2.12. The lowest BCUT2D eigenvalue weighted by Gasteiger charge is -1.91. The van der Waals surface area contributed by atoms with Crippen molar-refractivity contribution in [2.45, 2.75) is 25.6 Å².